The molecule has 72 valence electrons. The molecule has 1 fully saturated rings. The average molecular weight is 189 g/mol. The summed E-state index contributed by atoms with van der Waals surface area (Å²) in [6.07, 6.45) is 4.97. The van der Waals surface area contributed by atoms with Crippen molar-refractivity contribution in [2.45, 2.75) is 44.4 Å². The predicted molar refractivity (Wildman–Crippen MR) is 53.5 cm³/mol. The zero-order valence-corrected chi connectivity index (χ0v) is 8.99. The van der Waals surface area contributed by atoms with Crippen molar-refractivity contribution >= 4 is 10.8 Å². The van der Waals surface area contributed by atoms with Crippen LogP contribution in [0.15, 0.2) is 0 Å². The van der Waals surface area contributed by atoms with Gasteiger partial charge in [0.2, 0.25) is 0 Å². The quantitative estimate of drug-likeness (QED) is 0.675. The van der Waals surface area contributed by atoms with E-state index < -0.39 is 10.8 Å². The van der Waals surface area contributed by atoms with Gasteiger partial charge >= 0.3 is 0 Å². The fraction of sp³-hybridized carbons (Fsp3) is 1.00. The number of nitrogens with two attached hydrogens (primary N) is 1. The molecule has 0 aromatic heterocycles. The van der Waals surface area contributed by atoms with Gasteiger partial charge in [-0.3, -0.25) is 4.21 Å². The Morgan fingerprint density at radius 3 is 2.50 bits per heavy atom. The van der Waals surface area contributed by atoms with Gasteiger partial charge < -0.3 is 5.73 Å². The Morgan fingerprint density at radius 2 is 2.08 bits per heavy atom. The molecule has 2 nitrogen and oxygen atoms in total. The van der Waals surface area contributed by atoms with Crippen LogP contribution < -0.4 is 5.73 Å². The fourth-order valence-electron chi connectivity index (χ4n) is 1.90. The smallest absolute Gasteiger partial charge is 0.0501 e. The van der Waals surface area contributed by atoms with E-state index in [0.717, 1.165) is 12.8 Å². The Morgan fingerprint density at radius 1 is 1.50 bits per heavy atom. The maximum atomic E-state index is 11.3. The Bertz CT molecular complexity index is 191. The minimum absolute atomic E-state index is 0.156. The molecule has 3 heteroatoms. The molecule has 2 N–H and O–H groups in total. The van der Waals surface area contributed by atoms with E-state index in [2.05, 4.69) is 13.8 Å². The second-order valence-corrected chi connectivity index (χ2v) is 6.21. The van der Waals surface area contributed by atoms with Crippen molar-refractivity contribution in [2.75, 3.05) is 6.26 Å². The molecule has 3 atom stereocenters. The van der Waals surface area contributed by atoms with Crippen LogP contribution in [-0.4, -0.2) is 21.8 Å². The molecule has 0 heterocycles. The second-order valence-electron chi connectivity index (χ2n) is 4.61. The van der Waals surface area contributed by atoms with E-state index in [-0.39, 0.29) is 11.3 Å². The number of hydrogen-bond acceptors (Lipinski definition) is 2. The second kappa shape index (κ2) is 3.46. The average Bonchev–Trinajstić information content (AvgIpc) is 1.94. The third-order valence-electron chi connectivity index (χ3n) is 2.81. The van der Waals surface area contributed by atoms with Crippen LogP contribution in [0.25, 0.3) is 0 Å². The summed E-state index contributed by atoms with van der Waals surface area (Å²) in [6, 6.07) is 0.156. The molecule has 3 unspecified atom stereocenters. The SMILES string of the molecule is CS(=O)C1CC(C)(C)CCC1N. The summed E-state index contributed by atoms with van der Waals surface area (Å²) < 4.78 is 11.3. The van der Waals surface area contributed by atoms with Gasteiger partial charge in [0.25, 0.3) is 0 Å². The van der Waals surface area contributed by atoms with Crippen LogP contribution in [0.3, 0.4) is 0 Å². The predicted octanol–water partition coefficient (Wildman–Crippen LogP) is 1.27. The highest BCUT2D eigenvalue weighted by Gasteiger charge is 2.34. The molecule has 1 rings (SSSR count). The van der Waals surface area contributed by atoms with Gasteiger partial charge in [-0.1, -0.05) is 13.8 Å². The lowest BCUT2D eigenvalue weighted by Crippen LogP contribution is -2.45. The first kappa shape index (κ1) is 10.2. The van der Waals surface area contributed by atoms with Gasteiger partial charge in [-0.25, -0.2) is 0 Å². The highest BCUT2D eigenvalue weighted by Crippen LogP contribution is 2.36. The van der Waals surface area contributed by atoms with Crippen LogP contribution in [-0.2, 0) is 10.8 Å². The summed E-state index contributed by atoms with van der Waals surface area (Å²) in [4.78, 5) is 0. The molecule has 12 heavy (non-hydrogen) atoms. The van der Waals surface area contributed by atoms with Crippen LogP contribution >= 0.6 is 0 Å². The van der Waals surface area contributed by atoms with Crippen molar-refractivity contribution in [3.63, 3.8) is 0 Å². The van der Waals surface area contributed by atoms with Crippen LogP contribution in [0, 0.1) is 5.41 Å². The van der Waals surface area contributed by atoms with Crippen molar-refractivity contribution in [3.8, 4) is 0 Å². The van der Waals surface area contributed by atoms with E-state index in [9.17, 15) is 4.21 Å². The first-order chi connectivity index (χ1) is 5.42. The molecule has 1 aliphatic rings. The summed E-state index contributed by atoms with van der Waals surface area (Å²) in [5.74, 6) is 0. The van der Waals surface area contributed by atoms with Crippen molar-refractivity contribution < 1.29 is 4.21 Å². The van der Waals surface area contributed by atoms with Crippen LogP contribution in [0.4, 0.5) is 0 Å². The van der Waals surface area contributed by atoms with Crippen molar-refractivity contribution in [3.05, 3.63) is 0 Å². The summed E-state index contributed by atoms with van der Waals surface area (Å²) in [5, 5.41) is 0.216. The highest BCUT2D eigenvalue weighted by atomic mass is 32.2. The van der Waals surface area contributed by atoms with Crippen molar-refractivity contribution in [2.24, 2.45) is 11.1 Å². The Kier molecular flexibility index (Phi) is 2.94. The van der Waals surface area contributed by atoms with Crippen molar-refractivity contribution in [1.82, 2.24) is 0 Å². The molecule has 0 bridgehead atoms. The van der Waals surface area contributed by atoms with Gasteiger partial charge in [-0.05, 0) is 24.7 Å². The maximum Gasteiger partial charge on any atom is 0.0501 e. The summed E-state index contributed by atoms with van der Waals surface area (Å²) >= 11 is 0. The molecule has 0 aromatic carbocycles. The van der Waals surface area contributed by atoms with Gasteiger partial charge in [-0.2, -0.15) is 0 Å². The molecule has 0 spiro atoms. The Hall–Kier alpha value is 0.110. The van der Waals surface area contributed by atoms with Gasteiger partial charge in [0.05, 0.1) is 5.25 Å². The van der Waals surface area contributed by atoms with E-state index in [1.165, 1.54) is 6.42 Å². The lowest BCUT2D eigenvalue weighted by molar-refractivity contribution is 0.230. The molecule has 0 radical (unpaired) electrons. The van der Waals surface area contributed by atoms with Crippen LogP contribution in [0.1, 0.15) is 33.1 Å². The summed E-state index contributed by atoms with van der Waals surface area (Å²) in [7, 11) is -0.754. The lowest BCUT2D eigenvalue weighted by atomic mass is 9.75. The minimum Gasteiger partial charge on any atom is -0.327 e. The number of hydrogen-bond donors (Lipinski definition) is 1. The fourth-order valence-corrected chi connectivity index (χ4v) is 3.22. The van der Waals surface area contributed by atoms with Crippen molar-refractivity contribution in [1.29, 1.82) is 0 Å². The highest BCUT2D eigenvalue weighted by molar-refractivity contribution is 7.85. The lowest BCUT2D eigenvalue weighted by Gasteiger charge is -2.38. The molecule has 0 aromatic rings. The number of rotatable bonds is 1. The zero-order chi connectivity index (χ0) is 9.35. The molecule has 0 saturated heterocycles. The van der Waals surface area contributed by atoms with E-state index in [0.29, 0.717) is 5.41 Å². The molecule has 1 aliphatic carbocycles. The molecule has 0 aliphatic heterocycles. The van der Waals surface area contributed by atoms with E-state index in [1.807, 2.05) is 0 Å². The minimum atomic E-state index is -0.754. The molecular formula is C9H19NOS. The standard InChI is InChI=1S/C9H19NOS/c1-9(2)5-4-7(10)8(6-9)12(3)11/h7-8H,4-6,10H2,1-3H3. The zero-order valence-electron chi connectivity index (χ0n) is 8.17. The first-order valence-electron chi connectivity index (χ1n) is 4.50. The third-order valence-corrected chi connectivity index (χ3v) is 4.18. The van der Waals surface area contributed by atoms with Crippen LogP contribution in [0.5, 0.6) is 0 Å². The van der Waals surface area contributed by atoms with Gasteiger partial charge in [0, 0.05) is 23.1 Å². The topological polar surface area (TPSA) is 43.1 Å². The normalized spacial score (nSPS) is 37.7. The summed E-state index contributed by atoms with van der Waals surface area (Å²) in [6.45, 7) is 4.47. The van der Waals surface area contributed by atoms with E-state index in [4.69, 9.17) is 5.73 Å². The Balaban J connectivity index is 2.66. The Labute approximate surface area is 77.4 Å². The third kappa shape index (κ3) is 2.30. The summed E-state index contributed by atoms with van der Waals surface area (Å²) in [5.41, 5.74) is 6.25. The molecule has 1 saturated carbocycles. The van der Waals surface area contributed by atoms with Gasteiger partial charge in [-0.15, -0.1) is 0 Å². The van der Waals surface area contributed by atoms with E-state index >= 15 is 0 Å². The first-order valence-corrected chi connectivity index (χ1v) is 6.12. The van der Waals surface area contributed by atoms with Gasteiger partial charge in [0.15, 0.2) is 0 Å². The molecular weight excluding hydrogens is 170 g/mol. The largest absolute Gasteiger partial charge is 0.327 e. The maximum absolute atomic E-state index is 11.3. The van der Waals surface area contributed by atoms with Crippen LogP contribution in [0.2, 0.25) is 0 Å². The monoisotopic (exact) mass is 189 g/mol. The van der Waals surface area contributed by atoms with E-state index in [1.54, 1.807) is 6.26 Å². The van der Waals surface area contributed by atoms with Gasteiger partial charge in [0.1, 0.15) is 0 Å². The molecule has 0 amide bonds.